The number of carbonyl (C=O) groups excluding carboxylic acids is 2. The second kappa shape index (κ2) is 7.28. The molecule has 2 fully saturated rings. The van der Waals surface area contributed by atoms with E-state index < -0.39 is 4.92 Å². The molecule has 0 aromatic heterocycles. The third-order valence-electron chi connectivity index (χ3n) is 5.00. The summed E-state index contributed by atoms with van der Waals surface area (Å²) in [4.78, 5) is 40.3. The third kappa shape index (κ3) is 3.62. The molecule has 0 bridgehead atoms. The van der Waals surface area contributed by atoms with Gasteiger partial charge in [0, 0.05) is 63.9 Å². The lowest BCUT2D eigenvalue weighted by Gasteiger charge is -2.35. The van der Waals surface area contributed by atoms with Crippen molar-refractivity contribution >= 4 is 23.2 Å². The lowest BCUT2D eigenvalue weighted by atomic mass is 10.1. The van der Waals surface area contributed by atoms with Crippen LogP contribution in [0.4, 0.5) is 11.4 Å². The average Bonchev–Trinajstić information content (AvgIpc) is 3.07. The number of carbonyl (C=O) groups is 2. The van der Waals surface area contributed by atoms with Crippen LogP contribution in [0.3, 0.4) is 0 Å². The second-order valence-corrected chi connectivity index (χ2v) is 6.75. The third-order valence-corrected chi connectivity index (χ3v) is 5.00. The fraction of sp³-hybridized carbons (Fsp3) is 0.529. The average molecular weight is 361 g/mol. The zero-order valence-electron chi connectivity index (χ0n) is 14.8. The molecule has 0 saturated carbocycles. The molecule has 1 aromatic carbocycles. The van der Waals surface area contributed by atoms with Crippen molar-refractivity contribution in [2.45, 2.75) is 19.4 Å². The summed E-state index contributed by atoms with van der Waals surface area (Å²) in [6.07, 6.45) is 0.742. The van der Waals surface area contributed by atoms with Crippen LogP contribution in [0.1, 0.15) is 23.7 Å². The maximum absolute atomic E-state index is 12.6. The van der Waals surface area contributed by atoms with Gasteiger partial charge in [-0.05, 0) is 18.6 Å². The molecule has 0 aliphatic carbocycles. The van der Waals surface area contributed by atoms with Gasteiger partial charge >= 0.3 is 0 Å². The molecule has 2 N–H and O–H groups in total. The zero-order chi connectivity index (χ0) is 18.8. The smallest absolute Gasteiger partial charge is 0.293 e. The van der Waals surface area contributed by atoms with Crippen molar-refractivity contribution in [2.24, 2.45) is 5.73 Å². The van der Waals surface area contributed by atoms with Crippen molar-refractivity contribution in [2.75, 3.05) is 44.2 Å². The molecule has 9 heteroatoms. The number of nitrogens with zero attached hydrogens (tertiary/aromatic N) is 4. The molecule has 2 amide bonds. The van der Waals surface area contributed by atoms with Gasteiger partial charge < -0.3 is 20.4 Å². The summed E-state index contributed by atoms with van der Waals surface area (Å²) < 4.78 is 0. The summed E-state index contributed by atoms with van der Waals surface area (Å²) in [5.74, 6) is -0.224. The first-order valence-corrected chi connectivity index (χ1v) is 8.70. The van der Waals surface area contributed by atoms with Crippen molar-refractivity contribution in [1.82, 2.24) is 9.80 Å². The molecule has 0 radical (unpaired) electrons. The van der Waals surface area contributed by atoms with Crippen molar-refractivity contribution in [1.29, 1.82) is 0 Å². The minimum atomic E-state index is -0.459. The SMILES string of the molecule is CC(=O)N1CCN(c2ccc(C(=O)N3CC[C@@H](N)C3)cc2[N+](=O)[O-])CC1. The molecule has 9 nitrogen and oxygen atoms in total. The number of anilines is 1. The minimum Gasteiger partial charge on any atom is -0.362 e. The van der Waals surface area contributed by atoms with Crippen LogP contribution in [0.2, 0.25) is 0 Å². The van der Waals surface area contributed by atoms with Gasteiger partial charge in [0.1, 0.15) is 5.69 Å². The van der Waals surface area contributed by atoms with E-state index in [0.29, 0.717) is 50.5 Å². The molecule has 1 aromatic rings. The van der Waals surface area contributed by atoms with Crippen LogP contribution < -0.4 is 10.6 Å². The largest absolute Gasteiger partial charge is 0.362 e. The van der Waals surface area contributed by atoms with Crippen LogP contribution in [-0.4, -0.2) is 71.8 Å². The Morgan fingerprint density at radius 3 is 2.38 bits per heavy atom. The van der Waals surface area contributed by atoms with Gasteiger partial charge in [-0.1, -0.05) is 0 Å². The van der Waals surface area contributed by atoms with Crippen molar-refractivity contribution in [3.05, 3.63) is 33.9 Å². The van der Waals surface area contributed by atoms with E-state index in [-0.39, 0.29) is 23.5 Å². The molecule has 2 aliphatic heterocycles. The predicted molar refractivity (Wildman–Crippen MR) is 96.1 cm³/mol. The van der Waals surface area contributed by atoms with Gasteiger partial charge in [0.2, 0.25) is 5.91 Å². The van der Waals surface area contributed by atoms with E-state index >= 15 is 0 Å². The van der Waals surface area contributed by atoms with E-state index in [9.17, 15) is 19.7 Å². The molecule has 2 heterocycles. The molecule has 0 unspecified atom stereocenters. The first kappa shape index (κ1) is 18.1. The minimum absolute atomic E-state index is 0.00363. The summed E-state index contributed by atoms with van der Waals surface area (Å²) in [5, 5.41) is 11.6. The van der Waals surface area contributed by atoms with Crippen LogP contribution >= 0.6 is 0 Å². The Morgan fingerprint density at radius 2 is 1.85 bits per heavy atom. The standard InChI is InChI=1S/C17H23N5O4/c1-12(23)19-6-8-20(9-7-19)15-3-2-13(10-16(15)22(25)26)17(24)21-5-4-14(18)11-21/h2-3,10,14H,4-9,11,18H2,1H3/t14-/m1/s1. The molecule has 1 atom stereocenters. The van der Waals surface area contributed by atoms with Crippen molar-refractivity contribution in [3.63, 3.8) is 0 Å². The lowest BCUT2D eigenvalue weighted by molar-refractivity contribution is -0.384. The van der Waals surface area contributed by atoms with Crippen molar-refractivity contribution in [3.8, 4) is 0 Å². The zero-order valence-corrected chi connectivity index (χ0v) is 14.8. The van der Waals surface area contributed by atoms with Gasteiger partial charge in [-0.15, -0.1) is 0 Å². The predicted octanol–water partition coefficient (Wildman–Crippen LogP) is 0.437. The summed E-state index contributed by atoms with van der Waals surface area (Å²) in [5.41, 5.74) is 6.53. The van der Waals surface area contributed by atoms with Gasteiger partial charge in [-0.3, -0.25) is 19.7 Å². The van der Waals surface area contributed by atoms with E-state index in [2.05, 4.69) is 0 Å². The Bertz CT molecular complexity index is 730. The number of rotatable bonds is 3. The topological polar surface area (TPSA) is 113 Å². The molecular formula is C17H23N5O4. The number of amides is 2. The Morgan fingerprint density at radius 1 is 1.15 bits per heavy atom. The van der Waals surface area contributed by atoms with Gasteiger partial charge in [0.15, 0.2) is 0 Å². The first-order valence-electron chi connectivity index (χ1n) is 8.70. The molecule has 140 valence electrons. The number of hydrogen-bond acceptors (Lipinski definition) is 6. The summed E-state index contributed by atoms with van der Waals surface area (Å²) in [7, 11) is 0. The quantitative estimate of drug-likeness (QED) is 0.617. The molecule has 3 rings (SSSR count). The lowest BCUT2D eigenvalue weighted by Crippen LogP contribution is -2.48. The Hall–Kier alpha value is -2.68. The number of nitro groups is 1. The second-order valence-electron chi connectivity index (χ2n) is 6.75. The summed E-state index contributed by atoms with van der Waals surface area (Å²) >= 11 is 0. The highest BCUT2D eigenvalue weighted by Crippen LogP contribution is 2.31. The number of nitro benzene ring substituents is 1. The Kier molecular flexibility index (Phi) is 5.08. The molecule has 26 heavy (non-hydrogen) atoms. The highest BCUT2D eigenvalue weighted by atomic mass is 16.6. The van der Waals surface area contributed by atoms with Crippen LogP contribution in [0.15, 0.2) is 18.2 Å². The van der Waals surface area contributed by atoms with E-state index in [1.807, 2.05) is 4.90 Å². The summed E-state index contributed by atoms with van der Waals surface area (Å²) in [6.45, 7) is 4.66. The fourth-order valence-corrected chi connectivity index (χ4v) is 3.49. The van der Waals surface area contributed by atoms with Gasteiger partial charge in [0.25, 0.3) is 11.6 Å². The van der Waals surface area contributed by atoms with Crippen LogP contribution in [-0.2, 0) is 4.79 Å². The fourth-order valence-electron chi connectivity index (χ4n) is 3.49. The normalized spacial score (nSPS) is 20.4. The number of likely N-dealkylation sites (tertiary alicyclic amines) is 1. The summed E-state index contributed by atoms with van der Waals surface area (Å²) in [6, 6.07) is 4.57. The van der Waals surface area contributed by atoms with Crippen molar-refractivity contribution < 1.29 is 14.5 Å². The Balaban J connectivity index is 1.80. The van der Waals surface area contributed by atoms with E-state index in [1.54, 1.807) is 21.9 Å². The molecular weight excluding hydrogens is 338 g/mol. The van der Waals surface area contributed by atoms with Crippen LogP contribution in [0.25, 0.3) is 0 Å². The number of piperazine rings is 1. The van der Waals surface area contributed by atoms with E-state index in [0.717, 1.165) is 6.42 Å². The van der Waals surface area contributed by atoms with Gasteiger partial charge in [0.05, 0.1) is 4.92 Å². The van der Waals surface area contributed by atoms with Crippen LogP contribution in [0.5, 0.6) is 0 Å². The first-order chi connectivity index (χ1) is 12.4. The maximum atomic E-state index is 12.6. The maximum Gasteiger partial charge on any atom is 0.293 e. The number of hydrogen-bond donors (Lipinski definition) is 1. The van der Waals surface area contributed by atoms with Gasteiger partial charge in [-0.2, -0.15) is 0 Å². The van der Waals surface area contributed by atoms with E-state index in [4.69, 9.17) is 5.73 Å². The molecule has 2 aliphatic rings. The Labute approximate surface area is 151 Å². The monoisotopic (exact) mass is 361 g/mol. The van der Waals surface area contributed by atoms with Crippen LogP contribution in [0, 0.1) is 10.1 Å². The van der Waals surface area contributed by atoms with E-state index in [1.165, 1.54) is 13.0 Å². The van der Waals surface area contributed by atoms with Gasteiger partial charge in [-0.25, -0.2) is 0 Å². The number of nitrogens with two attached hydrogens (primary N) is 1. The highest BCUT2D eigenvalue weighted by Gasteiger charge is 2.29. The molecule has 0 spiro atoms. The molecule has 2 saturated heterocycles. The number of benzene rings is 1. The highest BCUT2D eigenvalue weighted by molar-refractivity contribution is 5.96.